The second-order valence-corrected chi connectivity index (χ2v) is 17.8. The summed E-state index contributed by atoms with van der Waals surface area (Å²) < 4.78 is 6.12. The zero-order valence-corrected chi connectivity index (χ0v) is 27.9. The number of H-pyrrole nitrogens is 2. The van der Waals surface area contributed by atoms with Crippen molar-refractivity contribution in [3.05, 3.63) is 157 Å². The molecule has 6 aromatic rings. The molecule has 0 aliphatic carbocycles. The Kier molecular flexibility index (Phi) is 6.53. The van der Waals surface area contributed by atoms with E-state index in [1.807, 2.05) is 0 Å². The Hall–Kier alpha value is -2.72. The molecule has 4 heteroatoms. The quantitative estimate of drug-likeness (QED) is 0.207. The van der Waals surface area contributed by atoms with Gasteiger partial charge in [-0.15, -0.1) is 0 Å². The SMILES string of the molecule is CC1(C)c2ccc([nH]2)/C(c2ccccc2)=c2/cc/c([te]2)=C(/c2ccccc2)c2ccc([nH]2)C(C)(C)c2ccc1[te]2. The average Bonchev–Trinajstić information content (AvgIpc) is 3.78. The molecule has 0 saturated heterocycles. The fourth-order valence-electron chi connectivity index (χ4n) is 5.76. The van der Waals surface area contributed by atoms with Gasteiger partial charge in [0, 0.05) is 0 Å². The third-order valence-electron chi connectivity index (χ3n) is 8.32. The Bertz CT molecular complexity index is 1800. The molecule has 40 heavy (non-hydrogen) atoms. The molecular weight excluding hydrogens is 716 g/mol. The second kappa shape index (κ2) is 9.98. The molecular formula is C36H32N2Te2. The molecule has 0 unspecified atom stereocenters. The monoisotopic (exact) mass is 752 g/mol. The van der Waals surface area contributed by atoms with E-state index in [4.69, 9.17) is 0 Å². The van der Waals surface area contributed by atoms with Gasteiger partial charge in [0.05, 0.1) is 0 Å². The number of aromatic amines is 2. The Morgan fingerprint density at radius 3 is 1.30 bits per heavy atom. The minimum absolute atomic E-state index is 0.0347. The Morgan fingerprint density at radius 1 is 0.450 bits per heavy atom. The van der Waals surface area contributed by atoms with Crippen LogP contribution in [0.15, 0.2) is 109 Å². The summed E-state index contributed by atoms with van der Waals surface area (Å²) in [6.45, 7) is 9.57. The summed E-state index contributed by atoms with van der Waals surface area (Å²) in [7, 11) is 0. The summed E-state index contributed by atoms with van der Waals surface area (Å²) in [5.74, 6) is 0. The van der Waals surface area contributed by atoms with Gasteiger partial charge in [-0.1, -0.05) is 0 Å². The van der Waals surface area contributed by atoms with E-state index in [0.29, 0.717) is 0 Å². The van der Waals surface area contributed by atoms with Gasteiger partial charge in [-0.2, -0.15) is 0 Å². The van der Waals surface area contributed by atoms with Crippen molar-refractivity contribution in [3.63, 3.8) is 0 Å². The Balaban J connectivity index is 1.60. The molecule has 5 heterocycles. The van der Waals surface area contributed by atoms with Gasteiger partial charge in [-0.3, -0.25) is 0 Å². The molecule has 198 valence electrons. The fourth-order valence-corrected chi connectivity index (χ4v) is 12.6. The second-order valence-electron chi connectivity index (χ2n) is 11.6. The van der Waals surface area contributed by atoms with E-state index in [-0.39, 0.29) is 10.8 Å². The number of fused-ring (bicyclic) bond motifs is 8. The minimum atomic E-state index is -0.652. The van der Waals surface area contributed by atoms with Crippen LogP contribution in [0.1, 0.15) is 68.8 Å². The molecule has 2 nitrogen and oxygen atoms in total. The van der Waals surface area contributed by atoms with Gasteiger partial charge in [-0.05, 0) is 0 Å². The molecule has 0 atom stereocenters. The van der Waals surface area contributed by atoms with Gasteiger partial charge in [0.25, 0.3) is 0 Å². The van der Waals surface area contributed by atoms with Crippen LogP contribution in [0.4, 0.5) is 0 Å². The van der Waals surface area contributed by atoms with Crippen LogP contribution in [0.2, 0.25) is 0 Å². The van der Waals surface area contributed by atoms with Gasteiger partial charge in [0.2, 0.25) is 0 Å². The van der Waals surface area contributed by atoms with Crippen LogP contribution in [-0.4, -0.2) is 50.8 Å². The van der Waals surface area contributed by atoms with Gasteiger partial charge >= 0.3 is 257 Å². The number of nitrogens with one attached hydrogen (secondary N) is 2. The predicted octanol–water partition coefficient (Wildman–Crippen LogP) is 5.92. The molecule has 8 bridgehead atoms. The Morgan fingerprint density at radius 2 is 0.875 bits per heavy atom. The van der Waals surface area contributed by atoms with Crippen LogP contribution in [-0.2, 0) is 10.8 Å². The maximum atomic E-state index is 3.93. The van der Waals surface area contributed by atoms with E-state index in [1.165, 1.54) is 51.5 Å². The van der Waals surface area contributed by atoms with Crippen LogP contribution in [0, 0.1) is 0 Å². The van der Waals surface area contributed by atoms with E-state index in [1.54, 1.807) is 7.16 Å². The molecule has 7 rings (SSSR count). The first-order valence-electron chi connectivity index (χ1n) is 13.8. The standard InChI is InChI=1S/C36H32N2Te2/c1-35(2)29-19-15-25(37-29)33(23-11-7-5-8-12-23)27-17-18-28(39-27)34(24-13-9-6-10-14-24)26-16-20-30(38-26)36(3,4)32-22-21-31(35)40-32/h5-22,37-38H,1-4H3/b33-27-,34-28+. The van der Waals surface area contributed by atoms with Crippen LogP contribution in [0.5, 0.6) is 0 Å². The molecule has 1 aliphatic rings. The van der Waals surface area contributed by atoms with Crippen LogP contribution in [0.25, 0.3) is 11.1 Å². The van der Waals surface area contributed by atoms with E-state index in [9.17, 15) is 0 Å². The summed E-state index contributed by atoms with van der Waals surface area (Å²) in [6, 6.07) is 40.8. The van der Waals surface area contributed by atoms with Crippen molar-refractivity contribution in [2.24, 2.45) is 0 Å². The zero-order valence-electron chi connectivity index (χ0n) is 23.2. The number of rotatable bonds is 2. The molecule has 0 spiro atoms. The van der Waals surface area contributed by atoms with Crippen molar-refractivity contribution < 1.29 is 0 Å². The first-order chi connectivity index (χ1) is 19.3. The predicted molar refractivity (Wildman–Crippen MR) is 168 cm³/mol. The van der Waals surface area contributed by atoms with Gasteiger partial charge in [0.15, 0.2) is 0 Å². The summed E-state index contributed by atoms with van der Waals surface area (Å²) in [5.41, 5.74) is 10.2. The van der Waals surface area contributed by atoms with Crippen molar-refractivity contribution in [3.8, 4) is 0 Å². The summed E-state index contributed by atoms with van der Waals surface area (Å²) in [6.07, 6.45) is 0. The summed E-state index contributed by atoms with van der Waals surface area (Å²) >= 11 is -1.14. The molecule has 0 fully saturated rings. The number of hydrogen-bond acceptors (Lipinski definition) is 0. The van der Waals surface area contributed by atoms with Gasteiger partial charge < -0.3 is 0 Å². The van der Waals surface area contributed by atoms with Crippen LogP contribution < -0.4 is 6.47 Å². The molecule has 2 N–H and O–H groups in total. The third-order valence-corrected chi connectivity index (χ3v) is 16.5. The molecule has 1 aliphatic heterocycles. The van der Waals surface area contributed by atoms with Crippen molar-refractivity contribution >= 4 is 52.0 Å². The topological polar surface area (TPSA) is 31.6 Å². The molecule has 0 saturated carbocycles. The first kappa shape index (κ1) is 26.2. The molecule has 4 aromatic heterocycles. The van der Waals surface area contributed by atoms with E-state index < -0.39 is 40.9 Å². The van der Waals surface area contributed by atoms with Crippen molar-refractivity contribution in [1.29, 1.82) is 0 Å². The number of hydrogen-bond donors (Lipinski definition) is 2. The molecule has 2 aromatic carbocycles. The normalized spacial score (nSPS) is 18.5. The van der Waals surface area contributed by atoms with Crippen LogP contribution in [0.3, 0.4) is 0 Å². The third kappa shape index (κ3) is 4.38. The summed E-state index contributed by atoms with van der Waals surface area (Å²) in [4.78, 5) is 7.86. The van der Waals surface area contributed by atoms with Gasteiger partial charge in [-0.25, -0.2) is 0 Å². The molecule has 0 radical (unpaired) electrons. The molecule has 0 amide bonds. The average molecular weight is 748 g/mol. The van der Waals surface area contributed by atoms with E-state index >= 15 is 0 Å². The summed E-state index contributed by atoms with van der Waals surface area (Å²) in [5, 5.41) is 0. The first-order valence-corrected chi connectivity index (χ1v) is 18.4. The fraction of sp³-hybridized carbons (Fsp3) is 0.167. The van der Waals surface area contributed by atoms with Crippen molar-refractivity contribution in [1.82, 2.24) is 9.97 Å². The van der Waals surface area contributed by atoms with E-state index in [0.717, 1.165) is 0 Å². The number of aromatic nitrogens is 2. The zero-order chi connectivity index (χ0) is 27.5. The van der Waals surface area contributed by atoms with Crippen molar-refractivity contribution in [2.45, 2.75) is 38.5 Å². The van der Waals surface area contributed by atoms with Gasteiger partial charge in [0.1, 0.15) is 0 Å². The van der Waals surface area contributed by atoms with Crippen LogP contribution >= 0.6 is 0 Å². The Labute approximate surface area is 255 Å². The maximum absolute atomic E-state index is 3.93. The van der Waals surface area contributed by atoms with Crippen molar-refractivity contribution in [2.75, 3.05) is 0 Å². The van der Waals surface area contributed by atoms with E-state index in [2.05, 4.69) is 147 Å². The number of benzene rings is 2.